The second-order valence-electron chi connectivity index (χ2n) is 6.91. The lowest BCUT2D eigenvalue weighted by Gasteiger charge is -2.36. The minimum absolute atomic E-state index is 0.144. The Balaban J connectivity index is 1.40. The summed E-state index contributed by atoms with van der Waals surface area (Å²) in [7, 11) is -2.10. The van der Waals surface area contributed by atoms with Gasteiger partial charge < -0.3 is 14.5 Å². The number of thiazole rings is 1. The molecule has 0 atom stereocenters. The quantitative estimate of drug-likeness (QED) is 0.611. The van der Waals surface area contributed by atoms with Crippen molar-refractivity contribution in [1.29, 1.82) is 0 Å². The van der Waals surface area contributed by atoms with Crippen molar-refractivity contribution in [3.8, 4) is 5.75 Å². The van der Waals surface area contributed by atoms with Gasteiger partial charge >= 0.3 is 0 Å². The molecule has 1 aromatic heterocycles. The number of hydrogen-bond acceptors (Lipinski definition) is 7. The Morgan fingerprint density at radius 1 is 1.03 bits per heavy atom. The van der Waals surface area contributed by atoms with E-state index in [1.807, 2.05) is 24.3 Å². The van der Waals surface area contributed by atoms with Gasteiger partial charge in [0.15, 0.2) is 5.13 Å². The Morgan fingerprint density at radius 3 is 2.42 bits per heavy atom. The summed E-state index contributed by atoms with van der Waals surface area (Å²) in [6.45, 7) is 2.42. The van der Waals surface area contributed by atoms with Gasteiger partial charge in [-0.15, -0.1) is 11.3 Å². The van der Waals surface area contributed by atoms with Gasteiger partial charge in [0, 0.05) is 31.6 Å². The molecule has 2 aromatic carbocycles. The summed E-state index contributed by atoms with van der Waals surface area (Å²) in [6, 6.07) is 15.9. The summed E-state index contributed by atoms with van der Waals surface area (Å²) < 4.78 is 32.8. The van der Waals surface area contributed by atoms with E-state index in [0.717, 1.165) is 22.8 Å². The number of amides is 1. The molecule has 0 bridgehead atoms. The number of carbonyl (C=O) groups is 1. The third-order valence-electron chi connectivity index (χ3n) is 4.99. The summed E-state index contributed by atoms with van der Waals surface area (Å²) >= 11 is 1.09. The maximum absolute atomic E-state index is 12.9. The first kappa shape index (κ1) is 21.1. The number of nitrogens with zero attached hydrogens (tertiary/aromatic N) is 3. The van der Waals surface area contributed by atoms with Crippen molar-refractivity contribution in [1.82, 2.24) is 9.88 Å². The fraction of sp³-hybridized carbons (Fsp3) is 0.238. The van der Waals surface area contributed by atoms with Crippen molar-refractivity contribution < 1.29 is 17.9 Å². The third kappa shape index (κ3) is 4.64. The molecule has 3 aromatic rings. The number of rotatable bonds is 6. The van der Waals surface area contributed by atoms with Gasteiger partial charge in [0.05, 0.1) is 17.7 Å². The minimum atomic E-state index is -3.74. The molecule has 1 aliphatic rings. The van der Waals surface area contributed by atoms with E-state index in [0.29, 0.717) is 26.2 Å². The monoisotopic (exact) mass is 458 g/mol. The molecule has 0 radical (unpaired) electrons. The predicted molar refractivity (Wildman–Crippen MR) is 120 cm³/mol. The van der Waals surface area contributed by atoms with Crippen LogP contribution in [0.2, 0.25) is 0 Å². The number of para-hydroxylation sites is 2. The van der Waals surface area contributed by atoms with E-state index in [-0.39, 0.29) is 21.6 Å². The lowest BCUT2D eigenvalue weighted by Crippen LogP contribution is -2.49. The van der Waals surface area contributed by atoms with Crippen LogP contribution >= 0.6 is 11.3 Å². The highest BCUT2D eigenvalue weighted by Crippen LogP contribution is 2.29. The van der Waals surface area contributed by atoms with Crippen LogP contribution in [0.3, 0.4) is 0 Å². The highest BCUT2D eigenvalue weighted by atomic mass is 32.2. The van der Waals surface area contributed by atoms with Gasteiger partial charge in [-0.1, -0.05) is 30.3 Å². The molecular weight excluding hydrogens is 436 g/mol. The van der Waals surface area contributed by atoms with Crippen molar-refractivity contribution in [3.63, 3.8) is 0 Å². The predicted octanol–water partition coefficient (Wildman–Crippen LogP) is 2.91. The average molecular weight is 459 g/mol. The maximum Gasteiger partial charge on any atom is 0.273 e. The number of hydrogen-bond donors (Lipinski definition) is 1. The van der Waals surface area contributed by atoms with Crippen LogP contribution in [0, 0.1) is 0 Å². The zero-order chi connectivity index (χ0) is 21.8. The molecule has 0 spiro atoms. The molecule has 1 saturated heterocycles. The molecule has 0 unspecified atom stereocenters. The van der Waals surface area contributed by atoms with Gasteiger partial charge in [-0.05, 0) is 24.3 Å². The molecule has 1 N–H and O–H groups in total. The molecule has 8 nitrogen and oxygen atoms in total. The minimum Gasteiger partial charge on any atom is -0.495 e. The standard InChI is InChI=1S/C21H22N4O4S2/c1-29-19-10-6-5-9-18(19)24-11-13-25(14-12-24)20(26)17-15-30-21(22-17)23-31(27,28)16-7-3-2-4-8-16/h2-10,15H,11-14H2,1H3,(H,22,23). The van der Waals surface area contributed by atoms with Gasteiger partial charge in [-0.2, -0.15) is 0 Å². The van der Waals surface area contributed by atoms with Gasteiger partial charge in [-0.25, -0.2) is 13.4 Å². The smallest absolute Gasteiger partial charge is 0.273 e. The molecule has 162 valence electrons. The Labute approximate surface area is 185 Å². The van der Waals surface area contributed by atoms with Gasteiger partial charge in [0.2, 0.25) is 0 Å². The van der Waals surface area contributed by atoms with Crippen LogP contribution in [-0.4, -0.2) is 57.5 Å². The van der Waals surface area contributed by atoms with Crippen LogP contribution in [0.15, 0.2) is 64.9 Å². The number of anilines is 2. The topological polar surface area (TPSA) is 91.8 Å². The van der Waals surface area contributed by atoms with Crippen molar-refractivity contribution >= 4 is 38.1 Å². The molecular formula is C21H22N4O4S2. The number of sulfonamides is 1. The molecule has 1 fully saturated rings. The zero-order valence-electron chi connectivity index (χ0n) is 16.9. The molecule has 2 heterocycles. The van der Waals surface area contributed by atoms with E-state index in [2.05, 4.69) is 14.6 Å². The summed E-state index contributed by atoms with van der Waals surface area (Å²) in [5, 5.41) is 1.75. The summed E-state index contributed by atoms with van der Waals surface area (Å²) in [5.41, 5.74) is 1.24. The molecule has 4 rings (SSSR count). The van der Waals surface area contributed by atoms with Crippen LogP contribution in [0.1, 0.15) is 10.5 Å². The van der Waals surface area contributed by atoms with Crippen LogP contribution in [0.4, 0.5) is 10.8 Å². The lowest BCUT2D eigenvalue weighted by atomic mass is 10.2. The first-order valence-electron chi connectivity index (χ1n) is 9.68. The number of ether oxygens (including phenoxy) is 1. The second kappa shape index (κ2) is 8.94. The second-order valence-corrected chi connectivity index (χ2v) is 9.45. The Morgan fingerprint density at radius 2 is 1.71 bits per heavy atom. The molecule has 0 saturated carbocycles. The van der Waals surface area contributed by atoms with E-state index in [1.165, 1.54) is 12.1 Å². The maximum atomic E-state index is 12.9. The zero-order valence-corrected chi connectivity index (χ0v) is 18.5. The SMILES string of the molecule is COc1ccccc1N1CCN(C(=O)c2csc(NS(=O)(=O)c3ccccc3)n2)CC1. The Kier molecular flexibility index (Phi) is 6.10. The van der Waals surface area contributed by atoms with E-state index in [1.54, 1.807) is 35.6 Å². The Bertz CT molecular complexity index is 1160. The number of nitrogens with one attached hydrogen (secondary N) is 1. The largest absolute Gasteiger partial charge is 0.495 e. The van der Waals surface area contributed by atoms with Gasteiger partial charge in [-0.3, -0.25) is 9.52 Å². The van der Waals surface area contributed by atoms with Crippen molar-refractivity contribution in [2.75, 3.05) is 42.9 Å². The van der Waals surface area contributed by atoms with Crippen molar-refractivity contribution in [2.45, 2.75) is 4.90 Å². The molecule has 0 aliphatic carbocycles. The van der Waals surface area contributed by atoms with Gasteiger partial charge in [0.1, 0.15) is 11.4 Å². The number of carbonyl (C=O) groups excluding carboxylic acids is 1. The average Bonchev–Trinajstić information content (AvgIpc) is 3.27. The fourth-order valence-corrected chi connectivity index (χ4v) is 5.35. The number of piperazine rings is 1. The number of aromatic nitrogens is 1. The van der Waals surface area contributed by atoms with E-state index < -0.39 is 10.0 Å². The van der Waals surface area contributed by atoms with Gasteiger partial charge in [0.25, 0.3) is 15.9 Å². The van der Waals surface area contributed by atoms with Crippen LogP contribution < -0.4 is 14.4 Å². The number of methoxy groups -OCH3 is 1. The third-order valence-corrected chi connectivity index (χ3v) is 7.23. The molecule has 31 heavy (non-hydrogen) atoms. The van der Waals surface area contributed by atoms with Crippen LogP contribution in [0.5, 0.6) is 5.75 Å². The first-order chi connectivity index (χ1) is 15.0. The van der Waals surface area contributed by atoms with E-state index >= 15 is 0 Å². The van der Waals surface area contributed by atoms with E-state index in [9.17, 15) is 13.2 Å². The van der Waals surface area contributed by atoms with Crippen LogP contribution in [0.25, 0.3) is 0 Å². The first-order valence-corrected chi connectivity index (χ1v) is 12.0. The van der Waals surface area contributed by atoms with E-state index in [4.69, 9.17) is 4.74 Å². The fourth-order valence-electron chi connectivity index (χ4n) is 3.40. The summed E-state index contributed by atoms with van der Waals surface area (Å²) in [4.78, 5) is 21.1. The normalized spacial score (nSPS) is 14.4. The van der Waals surface area contributed by atoms with Crippen molar-refractivity contribution in [3.05, 3.63) is 65.7 Å². The lowest BCUT2D eigenvalue weighted by molar-refractivity contribution is 0.0741. The Hall–Kier alpha value is -3.11. The summed E-state index contributed by atoms with van der Waals surface area (Å²) in [5.74, 6) is 0.596. The highest BCUT2D eigenvalue weighted by molar-refractivity contribution is 7.93. The molecule has 10 heteroatoms. The summed E-state index contributed by atoms with van der Waals surface area (Å²) in [6.07, 6.45) is 0. The van der Waals surface area contributed by atoms with Crippen molar-refractivity contribution in [2.24, 2.45) is 0 Å². The van der Waals surface area contributed by atoms with Crippen LogP contribution in [-0.2, 0) is 10.0 Å². The number of benzene rings is 2. The molecule has 1 amide bonds. The molecule has 1 aliphatic heterocycles. The highest BCUT2D eigenvalue weighted by Gasteiger charge is 2.26.